The molecule has 2 rings (SSSR count). The van der Waals surface area contributed by atoms with Crippen molar-refractivity contribution in [3.63, 3.8) is 0 Å². The Hall–Kier alpha value is -0.780. The molecule has 0 spiro atoms. The highest BCUT2D eigenvalue weighted by Crippen LogP contribution is 2.40. The molecule has 1 heterocycles. The van der Waals surface area contributed by atoms with E-state index < -0.39 is 24.6 Å². The zero-order valence-electron chi connectivity index (χ0n) is 10.8. The summed E-state index contributed by atoms with van der Waals surface area (Å²) in [5.41, 5.74) is 0. The Morgan fingerprint density at radius 3 is 2.58 bits per heavy atom. The van der Waals surface area contributed by atoms with Gasteiger partial charge in [-0.15, -0.1) is 0 Å². The molecule has 1 saturated carbocycles. The van der Waals surface area contributed by atoms with E-state index in [1.165, 1.54) is 0 Å². The molecule has 0 aromatic rings. The van der Waals surface area contributed by atoms with Crippen LogP contribution in [0.3, 0.4) is 0 Å². The SMILES string of the molecule is O=C(O)C1CC2CCCCC2N1CCCC(F)(F)F. The van der Waals surface area contributed by atoms with E-state index in [9.17, 15) is 23.1 Å². The number of nitrogens with zero attached hydrogens (tertiary/aromatic N) is 1. The average Bonchev–Trinajstić information content (AvgIpc) is 2.67. The van der Waals surface area contributed by atoms with Crippen molar-refractivity contribution >= 4 is 5.97 Å². The molecule has 0 aromatic carbocycles. The summed E-state index contributed by atoms with van der Waals surface area (Å²) in [4.78, 5) is 13.1. The number of rotatable bonds is 4. The monoisotopic (exact) mass is 279 g/mol. The molecule has 3 nitrogen and oxygen atoms in total. The fourth-order valence-electron chi connectivity index (χ4n) is 3.58. The van der Waals surface area contributed by atoms with Crippen LogP contribution < -0.4 is 0 Å². The van der Waals surface area contributed by atoms with Crippen LogP contribution in [0, 0.1) is 5.92 Å². The standard InChI is InChI=1S/C13H20F3NO2/c14-13(15,16)6-3-7-17-10-5-2-1-4-9(10)8-11(17)12(18)19/h9-11H,1-8H2,(H,18,19). The first-order valence-corrected chi connectivity index (χ1v) is 6.94. The van der Waals surface area contributed by atoms with Crippen molar-refractivity contribution in [1.82, 2.24) is 4.90 Å². The number of carboxylic acid groups (broad SMARTS) is 1. The lowest BCUT2D eigenvalue weighted by Crippen LogP contribution is -2.43. The van der Waals surface area contributed by atoms with Crippen molar-refractivity contribution in [2.24, 2.45) is 5.92 Å². The third kappa shape index (κ3) is 3.61. The number of carboxylic acids is 1. The minimum atomic E-state index is -4.15. The minimum absolute atomic E-state index is 0.00347. The third-order valence-corrected chi connectivity index (χ3v) is 4.38. The van der Waals surface area contributed by atoms with Crippen LogP contribution in [0.1, 0.15) is 44.9 Å². The first kappa shape index (κ1) is 14.6. The molecule has 3 atom stereocenters. The fourth-order valence-corrected chi connectivity index (χ4v) is 3.58. The maximum absolute atomic E-state index is 12.2. The Morgan fingerprint density at radius 1 is 1.26 bits per heavy atom. The Bertz CT molecular complexity index is 332. The second kappa shape index (κ2) is 5.69. The summed E-state index contributed by atoms with van der Waals surface area (Å²) in [7, 11) is 0. The van der Waals surface area contributed by atoms with E-state index in [2.05, 4.69) is 0 Å². The zero-order valence-corrected chi connectivity index (χ0v) is 10.8. The Kier molecular flexibility index (Phi) is 4.38. The van der Waals surface area contributed by atoms with E-state index in [0.29, 0.717) is 12.3 Å². The predicted octanol–water partition coefficient (Wildman–Crippen LogP) is 3.05. The molecule has 2 aliphatic rings. The van der Waals surface area contributed by atoms with Gasteiger partial charge in [0.1, 0.15) is 6.04 Å². The number of likely N-dealkylation sites (tertiary alicyclic amines) is 1. The molecule has 6 heteroatoms. The van der Waals surface area contributed by atoms with Crippen molar-refractivity contribution in [1.29, 1.82) is 0 Å². The van der Waals surface area contributed by atoms with Gasteiger partial charge in [0.05, 0.1) is 0 Å². The molecule has 3 unspecified atom stereocenters. The largest absolute Gasteiger partial charge is 0.480 e. The number of fused-ring (bicyclic) bond motifs is 1. The van der Waals surface area contributed by atoms with E-state index in [1.54, 1.807) is 0 Å². The number of hydrogen-bond donors (Lipinski definition) is 1. The minimum Gasteiger partial charge on any atom is -0.480 e. The molecule has 19 heavy (non-hydrogen) atoms. The fraction of sp³-hybridized carbons (Fsp3) is 0.923. The van der Waals surface area contributed by atoms with Crippen molar-refractivity contribution < 1.29 is 23.1 Å². The number of aliphatic carboxylic acids is 1. The Balaban J connectivity index is 1.95. The van der Waals surface area contributed by atoms with Crippen LogP contribution in [0.15, 0.2) is 0 Å². The van der Waals surface area contributed by atoms with Crippen LogP contribution in [0.25, 0.3) is 0 Å². The topological polar surface area (TPSA) is 40.5 Å². The maximum Gasteiger partial charge on any atom is 0.389 e. The number of hydrogen-bond acceptors (Lipinski definition) is 2. The predicted molar refractivity (Wildman–Crippen MR) is 63.8 cm³/mol. The van der Waals surface area contributed by atoms with Crippen LogP contribution in [-0.4, -0.2) is 40.8 Å². The van der Waals surface area contributed by atoms with E-state index in [-0.39, 0.29) is 19.0 Å². The van der Waals surface area contributed by atoms with Crippen molar-refractivity contribution in [3.8, 4) is 0 Å². The second-order valence-electron chi connectivity index (χ2n) is 5.66. The summed E-state index contributed by atoms with van der Waals surface area (Å²) >= 11 is 0. The molecular formula is C13H20F3NO2. The highest BCUT2D eigenvalue weighted by Gasteiger charge is 2.45. The van der Waals surface area contributed by atoms with Gasteiger partial charge in [-0.05, 0) is 38.1 Å². The van der Waals surface area contributed by atoms with Crippen LogP contribution >= 0.6 is 0 Å². The molecule has 1 saturated heterocycles. The molecule has 1 aliphatic heterocycles. The average molecular weight is 279 g/mol. The van der Waals surface area contributed by atoms with Crippen LogP contribution in [0.4, 0.5) is 13.2 Å². The molecule has 2 fully saturated rings. The van der Waals surface area contributed by atoms with Gasteiger partial charge in [0.2, 0.25) is 0 Å². The van der Waals surface area contributed by atoms with Crippen LogP contribution in [0.5, 0.6) is 0 Å². The zero-order chi connectivity index (χ0) is 14.0. The Labute approximate surface area is 110 Å². The van der Waals surface area contributed by atoms with Crippen molar-refractivity contribution in [3.05, 3.63) is 0 Å². The number of carbonyl (C=O) groups is 1. The van der Waals surface area contributed by atoms with E-state index in [0.717, 1.165) is 25.7 Å². The highest BCUT2D eigenvalue weighted by atomic mass is 19.4. The molecule has 110 valence electrons. The summed E-state index contributed by atoms with van der Waals surface area (Å²) in [6, 6.07) is -0.399. The third-order valence-electron chi connectivity index (χ3n) is 4.38. The molecule has 1 N–H and O–H groups in total. The molecule has 0 aromatic heterocycles. The smallest absolute Gasteiger partial charge is 0.389 e. The van der Waals surface area contributed by atoms with E-state index >= 15 is 0 Å². The van der Waals surface area contributed by atoms with Gasteiger partial charge in [0, 0.05) is 12.5 Å². The summed E-state index contributed by atoms with van der Waals surface area (Å²) < 4.78 is 36.6. The van der Waals surface area contributed by atoms with Gasteiger partial charge in [-0.2, -0.15) is 13.2 Å². The van der Waals surface area contributed by atoms with Gasteiger partial charge < -0.3 is 5.11 Å². The lowest BCUT2D eigenvalue weighted by molar-refractivity contribution is -0.143. The quantitative estimate of drug-likeness (QED) is 0.860. The maximum atomic E-state index is 12.2. The number of halogens is 3. The highest BCUT2D eigenvalue weighted by molar-refractivity contribution is 5.74. The summed E-state index contributed by atoms with van der Waals surface area (Å²) in [5.74, 6) is -0.526. The van der Waals surface area contributed by atoms with Gasteiger partial charge in [0.15, 0.2) is 0 Å². The van der Waals surface area contributed by atoms with Gasteiger partial charge in [-0.3, -0.25) is 9.69 Å². The molecule has 0 radical (unpaired) electrons. The summed E-state index contributed by atoms with van der Waals surface area (Å²) in [6.07, 6.45) is -0.252. The first-order valence-electron chi connectivity index (χ1n) is 6.94. The molecule has 1 aliphatic carbocycles. The van der Waals surface area contributed by atoms with E-state index in [4.69, 9.17) is 0 Å². The molecular weight excluding hydrogens is 259 g/mol. The lowest BCUT2D eigenvalue weighted by atomic mass is 9.85. The van der Waals surface area contributed by atoms with Gasteiger partial charge in [0.25, 0.3) is 0 Å². The molecule has 0 bridgehead atoms. The normalized spacial score (nSPS) is 32.3. The lowest BCUT2D eigenvalue weighted by Gasteiger charge is -2.33. The Morgan fingerprint density at radius 2 is 1.95 bits per heavy atom. The second-order valence-corrected chi connectivity index (χ2v) is 5.66. The van der Waals surface area contributed by atoms with Crippen molar-refractivity contribution in [2.45, 2.75) is 63.2 Å². The number of alkyl halides is 3. The van der Waals surface area contributed by atoms with Gasteiger partial charge >= 0.3 is 12.1 Å². The van der Waals surface area contributed by atoms with E-state index in [1.807, 2.05) is 4.90 Å². The summed E-state index contributed by atoms with van der Waals surface area (Å²) in [5, 5.41) is 9.23. The van der Waals surface area contributed by atoms with Crippen LogP contribution in [0.2, 0.25) is 0 Å². The van der Waals surface area contributed by atoms with Crippen LogP contribution in [-0.2, 0) is 4.79 Å². The van der Waals surface area contributed by atoms with Gasteiger partial charge in [-0.25, -0.2) is 0 Å². The molecule has 0 amide bonds. The van der Waals surface area contributed by atoms with Crippen molar-refractivity contribution in [2.75, 3.05) is 6.54 Å². The summed E-state index contributed by atoms with van der Waals surface area (Å²) in [6.45, 7) is 0.248. The first-order chi connectivity index (χ1) is 8.88. The van der Waals surface area contributed by atoms with Gasteiger partial charge in [-0.1, -0.05) is 12.8 Å².